The van der Waals surface area contributed by atoms with Crippen LogP contribution in [0.15, 0.2) is 58.8 Å². The maximum Gasteiger partial charge on any atom is 0.264 e. The number of benzene rings is 2. The van der Waals surface area contributed by atoms with E-state index in [-0.39, 0.29) is 17.6 Å². The Labute approximate surface area is 182 Å². The minimum atomic E-state index is -0.238. The number of ether oxygens (including phenoxy) is 1. The van der Waals surface area contributed by atoms with Crippen LogP contribution in [0.5, 0.6) is 5.75 Å². The lowest BCUT2D eigenvalue weighted by Gasteiger charge is -2.07. The number of thioether (sulfide) groups is 1. The molecule has 0 atom stereocenters. The van der Waals surface area contributed by atoms with Crippen LogP contribution < -0.4 is 21.3 Å². The zero-order valence-corrected chi connectivity index (χ0v) is 17.9. The standard InChI is InChI=1S/C19H20ClN7O2S/c1-12(13-6-5-7-14(10-13)29-2)23-24-18-25-26-19(27(18)21)30-11-17(28)22-16-9-4-3-8-15(16)20/h3-10H,11,21H2,1-2H3,(H,22,28)(H,24,25)/b23-12+. The van der Waals surface area contributed by atoms with Crippen LogP contribution in [-0.2, 0) is 4.79 Å². The lowest BCUT2D eigenvalue weighted by Crippen LogP contribution is -2.17. The molecule has 3 aromatic rings. The Morgan fingerprint density at radius 2 is 2.07 bits per heavy atom. The second-order valence-corrected chi connectivity index (χ2v) is 7.38. The summed E-state index contributed by atoms with van der Waals surface area (Å²) >= 11 is 7.18. The fraction of sp³-hybridized carbons (Fsp3) is 0.158. The minimum Gasteiger partial charge on any atom is -0.497 e. The summed E-state index contributed by atoms with van der Waals surface area (Å²) in [6, 6.07) is 14.5. The van der Waals surface area contributed by atoms with E-state index >= 15 is 0 Å². The first-order valence-corrected chi connectivity index (χ1v) is 10.2. The van der Waals surface area contributed by atoms with Gasteiger partial charge in [-0.1, -0.05) is 47.6 Å². The van der Waals surface area contributed by atoms with Crippen molar-refractivity contribution in [2.24, 2.45) is 5.10 Å². The first-order valence-electron chi connectivity index (χ1n) is 8.80. The molecule has 0 bridgehead atoms. The third-order valence-corrected chi connectivity index (χ3v) is 5.23. The predicted octanol–water partition coefficient (Wildman–Crippen LogP) is 3.22. The van der Waals surface area contributed by atoms with Crippen molar-refractivity contribution < 1.29 is 9.53 Å². The van der Waals surface area contributed by atoms with E-state index in [9.17, 15) is 4.79 Å². The summed E-state index contributed by atoms with van der Waals surface area (Å²) in [4.78, 5) is 12.1. The largest absolute Gasteiger partial charge is 0.497 e. The number of nitrogen functional groups attached to an aromatic ring is 1. The second-order valence-electron chi connectivity index (χ2n) is 6.03. The molecule has 0 unspecified atom stereocenters. The topological polar surface area (TPSA) is 119 Å². The number of carbonyl (C=O) groups excluding carboxylic acids is 1. The van der Waals surface area contributed by atoms with Crippen LogP contribution >= 0.6 is 23.4 Å². The van der Waals surface area contributed by atoms with Gasteiger partial charge in [-0.15, -0.1) is 10.2 Å². The Morgan fingerprint density at radius 1 is 1.27 bits per heavy atom. The molecular formula is C19H20ClN7O2S. The van der Waals surface area contributed by atoms with Gasteiger partial charge in [-0.05, 0) is 31.2 Å². The van der Waals surface area contributed by atoms with Crippen molar-refractivity contribution in [1.82, 2.24) is 14.9 Å². The highest BCUT2D eigenvalue weighted by Crippen LogP contribution is 2.22. The number of hydrogen-bond donors (Lipinski definition) is 3. The Morgan fingerprint density at radius 3 is 2.83 bits per heavy atom. The molecule has 1 heterocycles. The molecule has 0 saturated carbocycles. The van der Waals surface area contributed by atoms with Gasteiger partial charge in [-0.3, -0.25) is 4.79 Å². The minimum absolute atomic E-state index is 0.0899. The van der Waals surface area contributed by atoms with Gasteiger partial charge in [0.2, 0.25) is 11.1 Å². The van der Waals surface area contributed by atoms with E-state index in [0.29, 0.717) is 21.6 Å². The van der Waals surface area contributed by atoms with Gasteiger partial charge in [-0.2, -0.15) is 5.10 Å². The van der Waals surface area contributed by atoms with Crippen LogP contribution in [0.3, 0.4) is 0 Å². The highest BCUT2D eigenvalue weighted by molar-refractivity contribution is 7.99. The smallest absolute Gasteiger partial charge is 0.264 e. The molecule has 156 valence electrons. The van der Waals surface area contributed by atoms with E-state index in [0.717, 1.165) is 23.1 Å². The second kappa shape index (κ2) is 9.99. The van der Waals surface area contributed by atoms with E-state index < -0.39 is 0 Å². The summed E-state index contributed by atoms with van der Waals surface area (Å²) < 4.78 is 6.45. The summed E-state index contributed by atoms with van der Waals surface area (Å²) in [5.74, 6) is 6.83. The third kappa shape index (κ3) is 5.43. The van der Waals surface area contributed by atoms with Gasteiger partial charge in [-0.25, -0.2) is 10.1 Å². The number of amides is 1. The number of para-hydroxylation sites is 1. The average molecular weight is 446 g/mol. The van der Waals surface area contributed by atoms with E-state index in [4.69, 9.17) is 22.2 Å². The zero-order chi connectivity index (χ0) is 21.5. The summed E-state index contributed by atoms with van der Waals surface area (Å²) in [5, 5.41) is 15.8. The van der Waals surface area contributed by atoms with Crippen molar-refractivity contribution in [2.45, 2.75) is 12.1 Å². The molecule has 0 radical (unpaired) electrons. The Hall–Kier alpha value is -3.24. The van der Waals surface area contributed by atoms with Crippen molar-refractivity contribution >= 4 is 46.6 Å². The van der Waals surface area contributed by atoms with Crippen LogP contribution in [0.2, 0.25) is 5.02 Å². The first kappa shape index (κ1) is 21.5. The van der Waals surface area contributed by atoms with E-state index in [1.165, 1.54) is 4.68 Å². The maximum absolute atomic E-state index is 12.1. The van der Waals surface area contributed by atoms with Crippen LogP contribution in [0.1, 0.15) is 12.5 Å². The number of nitrogens with one attached hydrogen (secondary N) is 2. The maximum atomic E-state index is 12.1. The molecule has 2 aromatic carbocycles. The monoisotopic (exact) mass is 445 g/mol. The van der Waals surface area contributed by atoms with E-state index in [1.807, 2.05) is 31.2 Å². The van der Waals surface area contributed by atoms with Crippen molar-refractivity contribution in [2.75, 3.05) is 29.4 Å². The fourth-order valence-electron chi connectivity index (χ4n) is 2.38. The SMILES string of the molecule is COc1cccc(/C(C)=N/Nc2nnc(SCC(=O)Nc3ccccc3Cl)n2N)c1. The Balaban J connectivity index is 1.59. The summed E-state index contributed by atoms with van der Waals surface area (Å²) in [6.07, 6.45) is 0. The van der Waals surface area contributed by atoms with Gasteiger partial charge >= 0.3 is 0 Å². The molecule has 9 nitrogen and oxygen atoms in total. The number of nitrogens with two attached hydrogens (primary N) is 1. The van der Waals surface area contributed by atoms with Crippen LogP contribution in [0, 0.1) is 0 Å². The molecule has 4 N–H and O–H groups in total. The van der Waals surface area contributed by atoms with Crippen molar-refractivity contribution in [1.29, 1.82) is 0 Å². The average Bonchev–Trinajstić information content (AvgIpc) is 3.11. The van der Waals surface area contributed by atoms with Gasteiger partial charge in [0.05, 0.1) is 29.3 Å². The van der Waals surface area contributed by atoms with Gasteiger partial charge in [0.1, 0.15) is 5.75 Å². The van der Waals surface area contributed by atoms with Crippen molar-refractivity contribution in [3.8, 4) is 5.75 Å². The summed E-state index contributed by atoms with van der Waals surface area (Å²) in [6.45, 7) is 1.84. The third-order valence-electron chi connectivity index (χ3n) is 3.96. The fourth-order valence-corrected chi connectivity index (χ4v) is 3.22. The summed E-state index contributed by atoms with van der Waals surface area (Å²) in [7, 11) is 1.61. The molecule has 0 aliphatic heterocycles. The molecule has 1 amide bonds. The number of methoxy groups -OCH3 is 1. The number of halogens is 1. The molecule has 11 heteroatoms. The van der Waals surface area contributed by atoms with Gasteiger partial charge < -0.3 is 15.9 Å². The molecule has 0 fully saturated rings. The molecule has 0 spiro atoms. The number of anilines is 2. The number of hydrazone groups is 1. The zero-order valence-electron chi connectivity index (χ0n) is 16.3. The lowest BCUT2D eigenvalue weighted by atomic mass is 10.1. The molecule has 0 aliphatic rings. The van der Waals surface area contributed by atoms with Gasteiger partial charge in [0.25, 0.3) is 5.95 Å². The lowest BCUT2D eigenvalue weighted by molar-refractivity contribution is -0.113. The quantitative estimate of drug-likeness (QED) is 0.211. The predicted molar refractivity (Wildman–Crippen MR) is 120 cm³/mol. The van der Waals surface area contributed by atoms with E-state index in [1.54, 1.807) is 31.4 Å². The molecule has 0 aliphatic carbocycles. The highest BCUT2D eigenvalue weighted by Gasteiger charge is 2.13. The molecule has 3 rings (SSSR count). The molecule has 0 saturated heterocycles. The van der Waals surface area contributed by atoms with Crippen LogP contribution in [0.25, 0.3) is 0 Å². The number of carbonyl (C=O) groups is 1. The molecular weight excluding hydrogens is 426 g/mol. The first-order chi connectivity index (χ1) is 14.5. The number of aromatic nitrogens is 3. The Kier molecular flexibility index (Phi) is 7.15. The number of hydrogen-bond acceptors (Lipinski definition) is 8. The van der Waals surface area contributed by atoms with Crippen molar-refractivity contribution in [3.63, 3.8) is 0 Å². The molecule has 30 heavy (non-hydrogen) atoms. The summed E-state index contributed by atoms with van der Waals surface area (Å²) in [5.41, 5.74) is 4.93. The Bertz CT molecular complexity index is 1070. The highest BCUT2D eigenvalue weighted by atomic mass is 35.5. The normalized spacial score (nSPS) is 11.2. The van der Waals surface area contributed by atoms with Gasteiger partial charge in [0, 0.05) is 5.56 Å². The van der Waals surface area contributed by atoms with Crippen LogP contribution in [-0.4, -0.2) is 39.4 Å². The number of rotatable bonds is 8. The van der Waals surface area contributed by atoms with Crippen molar-refractivity contribution in [3.05, 3.63) is 59.1 Å². The molecule has 1 aromatic heterocycles. The van der Waals surface area contributed by atoms with E-state index in [2.05, 4.69) is 26.0 Å². The number of nitrogens with zero attached hydrogens (tertiary/aromatic N) is 4. The van der Waals surface area contributed by atoms with Gasteiger partial charge in [0.15, 0.2) is 0 Å². The van der Waals surface area contributed by atoms with Crippen LogP contribution in [0.4, 0.5) is 11.6 Å².